The molecule has 8 heteroatoms. The number of carbonyl (C=O) groups is 1. The van der Waals surface area contributed by atoms with Gasteiger partial charge in [-0.2, -0.15) is 0 Å². The number of hydrogen-bond acceptors (Lipinski definition) is 6. The second-order valence-corrected chi connectivity index (χ2v) is 6.67. The third-order valence-corrected chi connectivity index (χ3v) is 3.93. The van der Waals surface area contributed by atoms with E-state index < -0.39 is 12.2 Å². The van der Waals surface area contributed by atoms with Crippen LogP contribution in [0.4, 0.5) is 4.79 Å². The van der Waals surface area contributed by atoms with Crippen molar-refractivity contribution in [3.05, 3.63) is 0 Å². The molecule has 0 aliphatic carbocycles. The molecule has 1 saturated heterocycles. The first kappa shape index (κ1) is 20.1. The van der Waals surface area contributed by atoms with Gasteiger partial charge >= 0.3 is 6.03 Å². The van der Waals surface area contributed by atoms with E-state index in [1.165, 1.54) is 0 Å². The van der Waals surface area contributed by atoms with Gasteiger partial charge in [0.25, 0.3) is 0 Å². The molecule has 136 valence electrons. The van der Waals surface area contributed by atoms with Crippen LogP contribution in [0.5, 0.6) is 0 Å². The lowest BCUT2D eigenvalue weighted by molar-refractivity contribution is -0.0206. The average molecular weight is 332 g/mol. The van der Waals surface area contributed by atoms with Crippen molar-refractivity contribution in [2.24, 2.45) is 0 Å². The highest BCUT2D eigenvalue weighted by atomic mass is 16.5. The molecule has 0 aromatic heterocycles. The predicted molar refractivity (Wildman–Crippen MR) is 88.4 cm³/mol. The van der Waals surface area contributed by atoms with E-state index in [1.807, 2.05) is 39.9 Å². The van der Waals surface area contributed by atoms with Crippen LogP contribution < -0.4 is 10.6 Å². The molecule has 0 aromatic carbocycles. The van der Waals surface area contributed by atoms with Gasteiger partial charge in [-0.15, -0.1) is 0 Å². The van der Waals surface area contributed by atoms with Gasteiger partial charge in [0, 0.05) is 25.7 Å². The van der Waals surface area contributed by atoms with Gasteiger partial charge in [-0.05, 0) is 35.0 Å². The Morgan fingerprint density at radius 2 is 1.87 bits per heavy atom. The Hall–Kier alpha value is -0.930. The van der Waals surface area contributed by atoms with Gasteiger partial charge in [-0.25, -0.2) is 4.79 Å². The SMILES string of the molecule is CC(C)NC(=O)NC[C@H]1O[C@@H](CO)[C@@H](O)[C@H]1N(C)CCN(C)C. The summed E-state index contributed by atoms with van der Waals surface area (Å²) in [4.78, 5) is 15.8. The molecule has 0 saturated carbocycles. The van der Waals surface area contributed by atoms with Gasteiger partial charge in [0.05, 0.1) is 18.8 Å². The lowest BCUT2D eigenvalue weighted by atomic mass is 10.0. The third kappa shape index (κ3) is 6.23. The summed E-state index contributed by atoms with van der Waals surface area (Å²) in [5.74, 6) is 0. The molecule has 0 aromatic rings. The smallest absolute Gasteiger partial charge is 0.315 e. The maximum absolute atomic E-state index is 11.7. The number of ether oxygens (including phenoxy) is 1. The van der Waals surface area contributed by atoms with Crippen molar-refractivity contribution in [1.82, 2.24) is 20.4 Å². The molecule has 0 bridgehead atoms. The lowest BCUT2D eigenvalue weighted by Gasteiger charge is -2.31. The quantitative estimate of drug-likeness (QED) is 0.440. The van der Waals surface area contributed by atoms with Gasteiger partial charge in [-0.1, -0.05) is 0 Å². The highest BCUT2D eigenvalue weighted by Gasteiger charge is 2.45. The number of nitrogens with zero attached hydrogens (tertiary/aromatic N) is 2. The summed E-state index contributed by atoms with van der Waals surface area (Å²) in [5, 5.41) is 25.3. The monoisotopic (exact) mass is 332 g/mol. The average Bonchev–Trinajstić information content (AvgIpc) is 2.78. The summed E-state index contributed by atoms with van der Waals surface area (Å²) in [6.07, 6.45) is -1.78. The molecule has 4 N–H and O–H groups in total. The summed E-state index contributed by atoms with van der Waals surface area (Å²) >= 11 is 0. The second kappa shape index (κ2) is 9.39. The van der Waals surface area contributed by atoms with Gasteiger partial charge < -0.3 is 30.5 Å². The minimum atomic E-state index is -0.785. The first-order chi connectivity index (χ1) is 10.8. The maximum atomic E-state index is 11.7. The van der Waals surface area contributed by atoms with Crippen molar-refractivity contribution in [2.45, 2.75) is 44.2 Å². The first-order valence-electron chi connectivity index (χ1n) is 8.10. The van der Waals surface area contributed by atoms with E-state index in [-0.39, 0.29) is 37.4 Å². The van der Waals surface area contributed by atoms with E-state index in [1.54, 1.807) is 0 Å². The van der Waals surface area contributed by atoms with Crippen LogP contribution in [0.25, 0.3) is 0 Å². The van der Waals surface area contributed by atoms with E-state index in [0.29, 0.717) is 0 Å². The van der Waals surface area contributed by atoms with Crippen molar-refractivity contribution in [3.63, 3.8) is 0 Å². The van der Waals surface area contributed by atoms with E-state index in [0.717, 1.165) is 13.1 Å². The zero-order valence-corrected chi connectivity index (χ0v) is 14.8. The van der Waals surface area contributed by atoms with Crippen molar-refractivity contribution in [1.29, 1.82) is 0 Å². The summed E-state index contributed by atoms with van der Waals surface area (Å²) in [7, 11) is 5.89. The minimum Gasteiger partial charge on any atom is -0.394 e. The fraction of sp³-hybridized carbons (Fsp3) is 0.933. The normalized spacial score (nSPS) is 27.9. The Kier molecular flexibility index (Phi) is 8.21. The molecule has 0 unspecified atom stereocenters. The molecule has 1 aliphatic rings. The second-order valence-electron chi connectivity index (χ2n) is 6.67. The fourth-order valence-electron chi connectivity index (χ4n) is 2.70. The zero-order valence-electron chi connectivity index (χ0n) is 14.8. The number of hydrogen-bond donors (Lipinski definition) is 4. The molecule has 8 nitrogen and oxygen atoms in total. The molecule has 0 spiro atoms. The van der Waals surface area contributed by atoms with Gasteiger partial charge in [0.1, 0.15) is 12.2 Å². The predicted octanol–water partition coefficient (Wildman–Crippen LogP) is -1.32. The van der Waals surface area contributed by atoms with E-state index in [4.69, 9.17) is 4.74 Å². The molecule has 1 heterocycles. The zero-order chi connectivity index (χ0) is 17.6. The van der Waals surface area contributed by atoms with Crippen LogP contribution in [0.2, 0.25) is 0 Å². The van der Waals surface area contributed by atoms with Crippen molar-refractivity contribution in [3.8, 4) is 0 Å². The lowest BCUT2D eigenvalue weighted by Crippen LogP contribution is -2.52. The number of aliphatic hydroxyl groups excluding tert-OH is 2. The number of urea groups is 1. The largest absolute Gasteiger partial charge is 0.394 e. The van der Waals surface area contributed by atoms with Crippen molar-refractivity contribution >= 4 is 6.03 Å². The molecule has 23 heavy (non-hydrogen) atoms. The van der Waals surface area contributed by atoms with Crippen LogP contribution in [-0.4, -0.2) is 104 Å². The molecule has 1 rings (SSSR count). The molecule has 2 amide bonds. The molecule has 4 atom stereocenters. The molecular weight excluding hydrogens is 300 g/mol. The molecule has 1 fully saturated rings. The van der Waals surface area contributed by atoms with Gasteiger partial charge in [0.15, 0.2) is 0 Å². The Balaban J connectivity index is 2.63. The first-order valence-corrected chi connectivity index (χ1v) is 8.10. The Labute approximate surface area is 138 Å². The van der Waals surface area contributed by atoms with Crippen LogP contribution in [0.1, 0.15) is 13.8 Å². The van der Waals surface area contributed by atoms with E-state index in [2.05, 4.69) is 15.5 Å². The summed E-state index contributed by atoms with van der Waals surface area (Å²) in [5.41, 5.74) is 0. The number of carbonyl (C=O) groups excluding carboxylic acids is 1. The number of aliphatic hydroxyl groups is 2. The Bertz CT molecular complexity index is 367. The molecule has 1 aliphatic heterocycles. The summed E-state index contributed by atoms with van der Waals surface area (Å²) in [6, 6.07) is -0.486. The Morgan fingerprint density at radius 3 is 2.39 bits per heavy atom. The number of rotatable bonds is 8. The maximum Gasteiger partial charge on any atom is 0.315 e. The minimum absolute atomic E-state index is 0.0499. The fourth-order valence-corrected chi connectivity index (χ4v) is 2.70. The Morgan fingerprint density at radius 1 is 1.22 bits per heavy atom. The van der Waals surface area contributed by atoms with E-state index >= 15 is 0 Å². The van der Waals surface area contributed by atoms with Crippen LogP contribution in [0.3, 0.4) is 0 Å². The number of nitrogens with one attached hydrogen (secondary N) is 2. The van der Waals surface area contributed by atoms with E-state index in [9.17, 15) is 15.0 Å². The summed E-state index contributed by atoms with van der Waals surface area (Å²) < 4.78 is 5.72. The third-order valence-electron chi connectivity index (χ3n) is 3.93. The van der Waals surface area contributed by atoms with Crippen molar-refractivity contribution in [2.75, 3.05) is 47.4 Å². The van der Waals surface area contributed by atoms with Crippen LogP contribution in [-0.2, 0) is 4.74 Å². The molecule has 0 radical (unpaired) electrons. The van der Waals surface area contributed by atoms with Gasteiger partial charge in [-0.3, -0.25) is 4.90 Å². The molecular formula is C15H32N4O4. The van der Waals surface area contributed by atoms with Crippen LogP contribution in [0, 0.1) is 0 Å². The summed E-state index contributed by atoms with van der Waals surface area (Å²) in [6.45, 7) is 5.41. The van der Waals surface area contributed by atoms with Crippen LogP contribution in [0.15, 0.2) is 0 Å². The number of likely N-dealkylation sites (N-methyl/N-ethyl adjacent to an activating group) is 2. The van der Waals surface area contributed by atoms with Crippen LogP contribution >= 0.6 is 0 Å². The standard InChI is InChI=1S/C15H32N4O4/c1-10(2)17-15(22)16-8-11-13(14(21)12(9-20)23-11)19(5)7-6-18(3)4/h10-14,20-21H,6-9H2,1-5H3,(H2,16,17,22)/t11-,12+,13+,14-/m1/s1. The highest BCUT2D eigenvalue weighted by molar-refractivity contribution is 5.74. The van der Waals surface area contributed by atoms with Gasteiger partial charge in [0.2, 0.25) is 0 Å². The van der Waals surface area contributed by atoms with Crippen molar-refractivity contribution < 1.29 is 19.7 Å². The number of amides is 2. The topological polar surface area (TPSA) is 97.3 Å². The highest BCUT2D eigenvalue weighted by Crippen LogP contribution is 2.24.